The number of carboxylic acids is 1. The van der Waals surface area contributed by atoms with Gasteiger partial charge in [-0.3, -0.25) is 14.6 Å². The van der Waals surface area contributed by atoms with Crippen molar-refractivity contribution in [2.24, 2.45) is 0 Å². The molecule has 0 radical (unpaired) electrons. The first-order chi connectivity index (χ1) is 6.08. The van der Waals surface area contributed by atoms with Crippen molar-refractivity contribution in [3.63, 3.8) is 0 Å². The van der Waals surface area contributed by atoms with Crippen molar-refractivity contribution < 1.29 is 9.90 Å². The molecule has 0 aromatic carbocycles. The third kappa shape index (κ3) is 2.94. The molecule has 0 bridgehead atoms. The highest BCUT2D eigenvalue weighted by Crippen LogP contribution is 1.93. The molecule has 13 heavy (non-hydrogen) atoms. The molecule has 0 aliphatic heterocycles. The first kappa shape index (κ1) is 9.24. The lowest BCUT2D eigenvalue weighted by Crippen LogP contribution is -2.18. The van der Waals surface area contributed by atoms with Gasteiger partial charge in [-0.1, -0.05) is 0 Å². The van der Waals surface area contributed by atoms with Crippen LogP contribution in [0.1, 0.15) is 5.69 Å². The Morgan fingerprint density at radius 2 is 2.46 bits per heavy atom. The zero-order valence-corrected chi connectivity index (χ0v) is 7.00. The molecule has 0 fully saturated rings. The maximum absolute atomic E-state index is 10.9. The van der Waals surface area contributed by atoms with Crippen molar-refractivity contribution >= 4 is 11.9 Å². The van der Waals surface area contributed by atoms with Crippen molar-refractivity contribution in [1.82, 2.24) is 9.97 Å². The molecule has 0 spiro atoms. The third-order valence-electron chi connectivity index (χ3n) is 1.28. The average Bonchev–Trinajstić information content (AvgIpc) is 1.99. The van der Waals surface area contributed by atoms with Crippen LogP contribution >= 0.6 is 0 Å². The lowest BCUT2D eigenvalue weighted by Gasteiger charge is -2.01. The van der Waals surface area contributed by atoms with Gasteiger partial charge in [0.05, 0.1) is 0 Å². The predicted molar refractivity (Wildman–Crippen MR) is 45.7 cm³/mol. The Labute approximate surface area is 73.6 Å². The lowest BCUT2D eigenvalue weighted by atomic mass is 10.4. The standard InChI is InChI=1S/C7H9N3O3/c1-4-2-5(11)10-7(9-4)8-3-6(12)13/h2H,3H2,1H3,(H,12,13)(H2,8,9,10,11). The summed E-state index contributed by atoms with van der Waals surface area (Å²) in [4.78, 5) is 27.3. The number of nitrogens with one attached hydrogen (secondary N) is 2. The summed E-state index contributed by atoms with van der Waals surface area (Å²) in [6, 6.07) is 1.33. The fourth-order valence-corrected chi connectivity index (χ4v) is 0.822. The van der Waals surface area contributed by atoms with Crippen LogP contribution in [0.2, 0.25) is 0 Å². The summed E-state index contributed by atoms with van der Waals surface area (Å²) < 4.78 is 0. The Hall–Kier alpha value is -1.85. The highest BCUT2D eigenvalue weighted by molar-refractivity contribution is 5.71. The van der Waals surface area contributed by atoms with Crippen LogP contribution in [-0.2, 0) is 4.79 Å². The van der Waals surface area contributed by atoms with Gasteiger partial charge in [0.25, 0.3) is 5.56 Å². The minimum Gasteiger partial charge on any atom is -0.480 e. The number of nitrogens with zero attached hydrogens (tertiary/aromatic N) is 1. The molecule has 1 aromatic rings. The fraction of sp³-hybridized carbons (Fsp3) is 0.286. The van der Waals surface area contributed by atoms with E-state index >= 15 is 0 Å². The van der Waals surface area contributed by atoms with Gasteiger partial charge in [0, 0.05) is 11.8 Å². The molecule has 1 aromatic heterocycles. The van der Waals surface area contributed by atoms with Crippen LogP contribution in [0, 0.1) is 6.92 Å². The smallest absolute Gasteiger partial charge is 0.322 e. The third-order valence-corrected chi connectivity index (χ3v) is 1.28. The number of carbonyl (C=O) groups is 1. The van der Waals surface area contributed by atoms with Crippen molar-refractivity contribution in [3.8, 4) is 0 Å². The second-order valence-corrected chi connectivity index (χ2v) is 2.48. The highest BCUT2D eigenvalue weighted by Gasteiger charge is 1.99. The van der Waals surface area contributed by atoms with Gasteiger partial charge in [-0.2, -0.15) is 0 Å². The van der Waals surface area contributed by atoms with Gasteiger partial charge in [-0.05, 0) is 6.92 Å². The van der Waals surface area contributed by atoms with E-state index in [1.54, 1.807) is 6.92 Å². The summed E-state index contributed by atoms with van der Waals surface area (Å²) >= 11 is 0. The molecule has 70 valence electrons. The average molecular weight is 183 g/mol. The molecule has 0 saturated carbocycles. The Balaban J connectivity index is 2.77. The Morgan fingerprint density at radius 3 is 3.00 bits per heavy atom. The number of hydrogen-bond donors (Lipinski definition) is 3. The van der Waals surface area contributed by atoms with Crippen LogP contribution in [-0.4, -0.2) is 27.6 Å². The van der Waals surface area contributed by atoms with E-state index < -0.39 is 5.97 Å². The monoisotopic (exact) mass is 183 g/mol. The number of H-pyrrole nitrogens is 1. The van der Waals surface area contributed by atoms with E-state index in [0.717, 1.165) is 0 Å². The van der Waals surface area contributed by atoms with E-state index in [1.165, 1.54) is 6.07 Å². The van der Waals surface area contributed by atoms with Gasteiger partial charge in [0.1, 0.15) is 6.54 Å². The van der Waals surface area contributed by atoms with Gasteiger partial charge in [-0.15, -0.1) is 0 Å². The molecular formula is C7H9N3O3. The molecule has 6 heteroatoms. The Kier molecular flexibility index (Phi) is 2.63. The number of aryl methyl sites for hydroxylation is 1. The second kappa shape index (κ2) is 3.70. The van der Waals surface area contributed by atoms with Crippen molar-refractivity contribution in [3.05, 3.63) is 22.1 Å². The van der Waals surface area contributed by atoms with E-state index in [-0.39, 0.29) is 18.1 Å². The van der Waals surface area contributed by atoms with E-state index in [1.807, 2.05) is 0 Å². The molecule has 1 rings (SSSR count). The first-order valence-electron chi connectivity index (χ1n) is 3.61. The Morgan fingerprint density at radius 1 is 1.77 bits per heavy atom. The van der Waals surface area contributed by atoms with Gasteiger partial charge in [0.2, 0.25) is 5.95 Å². The molecule has 0 atom stereocenters. The number of aromatic nitrogens is 2. The van der Waals surface area contributed by atoms with Crippen LogP contribution in [0.4, 0.5) is 5.95 Å². The summed E-state index contributed by atoms with van der Waals surface area (Å²) in [5, 5.41) is 10.8. The van der Waals surface area contributed by atoms with Crippen LogP contribution in [0.25, 0.3) is 0 Å². The zero-order chi connectivity index (χ0) is 9.84. The quantitative estimate of drug-likeness (QED) is 0.591. The van der Waals surface area contributed by atoms with Crippen LogP contribution in [0.3, 0.4) is 0 Å². The second-order valence-electron chi connectivity index (χ2n) is 2.48. The van der Waals surface area contributed by atoms with Gasteiger partial charge < -0.3 is 10.4 Å². The molecule has 0 unspecified atom stereocenters. The Bertz CT molecular complexity index is 371. The van der Waals surface area contributed by atoms with Crippen molar-refractivity contribution in [2.45, 2.75) is 6.92 Å². The van der Waals surface area contributed by atoms with E-state index in [4.69, 9.17) is 5.11 Å². The van der Waals surface area contributed by atoms with Crippen molar-refractivity contribution in [2.75, 3.05) is 11.9 Å². The normalized spacial score (nSPS) is 9.62. The molecule has 0 amide bonds. The van der Waals surface area contributed by atoms with E-state index in [9.17, 15) is 9.59 Å². The van der Waals surface area contributed by atoms with Crippen LogP contribution in [0.5, 0.6) is 0 Å². The number of aliphatic carboxylic acids is 1. The van der Waals surface area contributed by atoms with Gasteiger partial charge in [-0.25, -0.2) is 4.98 Å². The molecule has 1 heterocycles. The maximum Gasteiger partial charge on any atom is 0.322 e. The number of aromatic amines is 1. The van der Waals surface area contributed by atoms with E-state index in [0.29, 0.717) is 5.69 Å². The topological polar surface area (TPSA) is 95.1 Å². The molecule has 3 N–H and O–H groups in total. The SMILES string of the molecule is Cc1cc(=O)[nH]c(NCC(=O)O)n1. The maximum atomic E-state index is 10.9. The summed E-state index contributed by atoms with van der Waals surface area (Å²) in [5.74, 6) is -0.837. The summed E-state index contributed by atoms with van der Waals surface area (Å²) in [5.41, 5.74) is 0.233. The zero-order valence-electron chi connectivity index (χ0n) is 7.00. The lowest BCUT2D eigenvalue weighted by molar-refractivity contribution is -0.134. The minimum absolute atomic E-state index is 0.174. The molecule has 0 aliphatic carbocycles. The first-order valence-corrected chi connectivity index (χ1v) is 3.61. The molecule has 6 nitrogen and oxygen atoms in total. The number of anilines is 1. The molecule has 0 aliphatic rings. The summed E-state index contributed by atoms with van der Waals surface area (Å²) in [7, 11) is 0. The number of hydrogen-bond acceptors (Lipinski definition) is 4. The van der Waals surface area contributed by atoms with E-state index in [2.05, 4.69) is 15.3 Å². The number of rotatable bonds is 3. The van der Waals surface area contributed by atoms with Crippen molar-refractivity contribution in [1.29, 1.82) is 0 Å². The van der Waals surface area contributed by atoms with Crippen LogP contribution < -0.4 is 10.9 Å². The minimum atomic E-state index is -1.01. The summed E-state index contributed by atoms with van der Waals surface area (Å²) in [6.45, 7) is 1.38. The number of carboxylic acid groups (broad SMARTS) is 1. The molecular weight excluding hydrogens is 174 g/mol. The summed E-state index contributed by atoms with van der Waals surface area (Å²) in [6.07, 6.45) is 0. The van der Waals surface area contributed by atoms with Gasteiger partial charge in [0.15, 0.2) is 0 Å². The predicted octanol–water partition coefficient (Wildman–Crippen LogP) is -0.425. The highest BCUT2D eigenvalue weighted by atomic mass is 16.4. The fourth-order valence-electron chi connectivity index (χ4n) is 0.822. The van der Waals surface area contributed by atoms with Gasteiger partial charge >= 0.3 is 5.97 Å². The molecule has 0 saturated heterocycles. The largest absolute Gasteiger partial charge is 0.480 e. The van der Waals surface area contributed by atoms with Crippen LogP contribution in [0.15, 0.2) is 10.9 Å².